The van der Waals surface area contributed by atoms with Crippen LogP contribution in [0.4, 0.5) is 10.1 Å². The second-order valence-corrected chi connectivity index (χ2v) is 13.7. The summed E-state index contributed by atoms with van der Waals surface area (Å²) < 4.78 is 42.7. The number of carbonyl (C=O) groups is 2. The number of rotatable bonds is 11. The molecule has 4 aromatic carbocycles. The minimum absolute atomic E-state index is 0.000791. The summed E-state index contributed by atoms with van der Waals surface area (Å²) in [6, 6.07) is 27.8. The SMILES string of the molecule is CC(C)(C)NC(=O)[C@@H](Cc1ccccc1)N(Cc1ccc(F)cc1)C(=O)CN(c1ccc(Cl)cc1)S(=O)(=O)c1ccccc1. The lowest BCUT2D eigenvalue weighted by Crippen LogP contribution is -2.56. The van der Waals surface area contributed by atoms with Crippen molar-refractivity contribution in [3.8, 4) is 0 Å². The number of amides is 2. The van der Waals surface area contributed by atoms with Gasteiger partial charge >= 0.3 is 0 Å². The molecule has 1 N–H and O–H groups in total. The van der Waals surface area contributed by atoms with Crippen LogP contribution in [0.1, 0.15) is 31.9 Å². The molecule has 0 saturated heterocycles. The summed E-state index contributed by atoms with van der Waals surface area (Å²) in [5.41, 5.74) is 1.00. The highest BCUT2D eigenvalue weighted by molar-refractivity contribution is 7.92. The highest BCUT2D eigenvalue weighted by Crippen LogP contribution is 2.26. The fourth-order valence-corrected chi connectivity index (χ4v) is 6.21. The van der Waals surface area contributed by atoms with Crippen molar-refractivity contribution in [2.24, 2.45) is 0 Å². The van der Waals surface area contributed by atoms with Gasteiger partial charge in [-0.1, -0.05) is 72.3 Å². The van der Waals surface area contributed by atoms with E-state index in [0.29, 0.717) is 10.6 Å². The van der Waals surface area contributed by atoms with E-state index in [1.165, 1.54) is 53.4 Å². The molecule has 0 aliphatic carbocycles. The Morgan fingerprint density at radius 2 is 1.39 bits per heavy atom. The second kappa shape index (κ2) is 14.1. The minimum Gasteiger partial charge on any atom is -0.350 e. The Bertz CT molecular complexity index is 1660. The van der Waals surface area contributed by atoms with Crippen LogP contribution in [0.15, 0.2) is 114 Å². The Morgan fingerprint density at radius 1 is 0.818 bits per heavy atom. The van der Waals surface area contributed by atoms with Gasteiger partial charge in [0.15, 0.2) is 0 Å². The van der Waals surface area contributed by atoms with Crippen molar-refractivity contribution in [3.63, 3.8) is 0 Å². The standard InChI is InChI=1S/C34H35ClFN3O4S/c1-34(2,3)37-33(41)31(22-25-10-6-4-7-11-25)38(23-26-14-18-28(36)19-15-26)32(40)24-39(29-20-16-27(35)17-21-29)44(42,43)30-12-8-5-9-13-30/h4-21,31H,22-24H2,1-3H3,(H,37,41)/t31-/m1/s1. The molecule has 0 aromatic heterocycles. The third kappa shape index (κ3) is 8.67. The number of nitrogens with zero attached hydrogens (tertiary/aromatic N) is 2. The zero-order valence-electron chi connectivity index (χ0n) is 24.8. The normalized spacial score (nSPS) is 12.3. The van der Waals surface area contributed by atoms with Crippen LogP contribution in [0.2, 0.25) is 5.02 Å². The summed E-state index contributed by atoms with van der Waals surface area (Å²) in [5, 5.41) is 3.38. The monoisotopic (exact) mass is 635 g/mol. The van der Waals surface area contributed by atoms with Crippen molar-refractivity contribution in [2.75, 3.05) is 10.8 Å². The van der Waals surface area contributed by atoms with E-state index < -0.39 is 45.8 Å². The molecule has 0 aliphatic heterocycles. The average molecular weight is 636 g/mol. The average Bonchev–Trinajstić information content (AvgIpc) is 2.99. The highest BCUT2D eigenvalue weighted by atomic mass is 35.5. The number of anilines is 1. The fraction of sp³-hybridized carbons (Fsp3) is 0.235. The molecule has 0 heterocycles. The smallest absolute Gasteiger partial charge is 0.264 e. The Kier molecular flexibility index (Phi) is 10.4. The van der Waals surface area contributed by atoms with Gasteiger partial charge in [0.1, 0.15) is 18.4 Å². The first-order valence-corrected chi connectivity index (χ1v) is 15.9. The first kappa shape index (κ1) is 32.7. The molecule has 0 bridgehead atoms. The third-order valence-electron chi connectivity index (χ3n) is 6.76. The molecule has 1 atom stereocenters. The maximum absolute atomic E-state index is 14.4. The van der Waals surface area contributed by atoms with Crippen molar-refractivity contribution < 1.29 is 22.4 Å². The number of sulfonamides is 1. The molecule has 4 rings (SSSR count). The van der Waals surface area contributed by atoms with Crippen molar-refractivity contribution in [1.29, 1.82) is 0 Å². The van der Waals surface area contributed by atoms with Crippen molar-refractivity contribution in [1.82, 2.24) is 10.2 Å². The summed E-state index contributed by atoms with van der Waals surface area (Å²) in [6.07, 6.45) is 0.169. The molecule has 0 spiro atoms. The van der Waals surface area contributed by atoms with E-state index in [-0.39, 0.29) is 23.5 Å². The third-order valence-corrected chi connectivity index (χ3v) is 8.80. The van der Waals surface area contributed by atoms with E-state index in [2.05, 4.69) is 5.32 Å². The molecular weight excluding hydrogens is 601 g/mol. The zero-order valence-corrected chi connectivity index (χ0v) is 26.4. The quantitative estimate of drug-likeness (QED) is 0.212. The molecule has 4 aromatic rings. The summed E-state index contributed by atoms with van der Waals surface area (Å²) >= 11 is 6.10. The maximum atomic E-state index is 14.4. The molecule has 0 unspecified atom stereocenters. The van der Waals surface area contributed by atoms with E-state index in [9.17, 15) is 22.4 Å². The fourth-order valence-electron chi connectivity index (χ4n) is 4.65. The van der Waals surface area contributed by atoms with Crippen LogP contribution in [0.3, 0.4) is 0 Å². The molecule has 0 aliphatic rings. The Labute approximate surface area is 263 Å². The van der Waals surface area contributed by atoms with Crippen LogP contribution in [0.5, 0.6) is 0 Å². The minimum atomic E-state index is -4.22. The summed E-state index contributed by atoms with van der Waals surface area (Å²) in [5.74, 6) is -1.46. The maximum Gasteiger partial charge on any atom is 0.264 e. The van der Waals surface area contributed by atoms with Crippen LogP contribution < -0.4 is 9.62 Å². The lowest BCUT2D eigenvalue weighted by atomic mass is 10.0. The number of benzene rings is 4. The zero-order chi connectivity index (χ0) is 31.9. The van der Waals surface area contributed by atoms with E-state index in [4.69, 9.17) is 11.6 Å². The topological polar surface area (TPSA) is 86.8 Å². The lowest BCUT2D eigenvalue weighted by molar-refractivity contribution is -0.140. The van der Waals surface area contributed by atoms with Gasteiger partial charge < -0.3 is 10.2 Å². The van der Waals surface area contributed by atoms with Gasteiger partial charge in [-0.3, -0.25) is 13.9 Å². The van der Waals surface area contributed by atoms with Gasteiger partial charge in [-0.2, -0.15) is 0 Å². The summed E-state index contributed by atoms with van der Waals surface area (Å²) in [7, 11) is -4.22. The number of hydrogen-bond donors (Lipinski definition) is 1. The number of halogens is 2. The first-order chi connectivity index (χ1) is 20.8. The predicted molar refractivity (Wildman–Crippen MR) is 171 cm³/mol. The van der Waals surface area contributed by atoms with Gasteiger partial charge in [0.2, 0.25) is 11.8 Å². The Hall–Kier alpha value is -4.21. The molecule has 0 fully saturated rings. The molecule has 0 radical (unpaired) electrons. The van der Waals surface area contributed by atoms with Gasteiger partial charge in [-0.25, -0.2) is 12.8 Å². The van der Waals surface area contributed by atoms with Gasteiger partial charge in [0.05, 0.1) is 10.6 Å². The molecule has 2 amide bonds. The van der Waals surface area contributed by atoms with Gasteiger partial charge in [-0.15, -0.1) is 0 Å². The molecule has 7 nitrogen and oxygen atoms in total. The number of hydrogen-bond acceptors (Lipinski definition) is 4. The molecular formula is C34H35ClFN3O4S. The van der Waals surface area contributed by atoms with Crippen LogP contribution in [-0.2, 0) is 32.6 Å². The molecule has 44 heavy (non-hydrogen) atoms. The van der Waals surface area contributed by atoms with Crippen LogP contribution in [-0.4, -0.2) is 43.3 Å². The number of carbonyl (C=O) groups excluding carboxylic acids is 2. The Morgan fingerprint density at radius 3 is 1.95 bits per heavy atom. The van der Waals surface area contributed by atoms with E-state index in [1.54, 1.807) is 30.3 Å². The van der Waals surface area contributed by atoms with Crippen molar-refractivity contribution in [3.05, 3.63) is 131 Å². The van der Waals surface area contributed by atoms with Gasteiger partial charge in [-0.05, 0) is 80.4 Å². The lowest BCUT2D eigenvalue weighted by Gasteiger charge is -2.35. The summed E-state index contributed by atoms with van der Waals surface area (Å²) in [4.78, 5) is 29.6. The van der Waals surface area contributed by atoms with Gasteiger partial charge in [0, 0.05) is 23.5 Å². The molecule has 230 valence electrons. The second-order valence-electron chi connectivity index (χ2n) is 11.4. The largest absolute Gasteiger partial charge is 0.350 e. The number of nitrogens with one attached hydrogen (secondary N) is 1. The van der Waals surface area contributed by atoms with Crippen LogP contribution in [0.25, 0.3) is 0 Å². The van der Waals surface area contributed by atoms with E-state index >= 15 is 0 Å². The molecule has 10 heteroatoms. The Balaban J connectivity index is 1.80. The van der Waals surface area contributed by atoms with Crippen molar-refractivity contribution >= 4 is 39.1 Å². The van der Waals surface area contributed by atoms with Crippen molar-refractivity contribution in [2.45, 2.75) is 50.2 Å². The highest BCUT2D eigenvalue weighted by Gasteiger charge is 2.35. The first-order valence-electron chi connectivity index (χ1n) is 14.1. The summed E-state index contributed by atoms with van der Waals surface area (Å²) in [6.45, 7) is 4.85. The predicted octanol–water partition coefficient (Wildman–Crippen LogP) is 6.23. The van der Waals surface area contributed by atoms with E-state index in [0.717, 1.165) is 9.87 Å². The van der Waals surface area contributed by atoms with Gasteiger partial charge in [0.25, 0.3) is 10.0 Å². The van der Waals surface area contributed by atoms with E-state index in [1.807, 2.05) is 51.1 Å². The van der Waals surface area contributed by atoms with Crippen LogP contribution in [0, 0.1) is 5.82 Å². The van der Waals surface area contributed by atoms with Crippen LogP contribution >= 0.6 is 11.6 Å². The molecule has 0 saturated carbocycles.